The van der Waals surface area contributed by atoms with Crippen LogP contribution in [0.2, 0.25) is 0 Å². The summed E-state index contributed by atoms with van der Waals surface area (Å²) in [5.41, 5.74) is 6.41. The van der Waals surface area contributed by atoms with Gasteiger partial charge in [-0.2, -0.15) is 0 Å². The van der Waals surface area contributed by atoms with E-state index in [1.165, 1.54) is 44.9 Å². The predicted octanol–water partition coefficient (Wildman–Crippen LogP) is 2.82. The van der Waals surface area contributed by atoms with Crippen molar-refractivity contribution >= 4 is 0 Å². The Balaban J connectivity index is 2.12. The lowest BCUT2D eigenvalue weighted by molar-refractivity contribution is 0.251. The van der Waals surface area contributed by atoms with Crippen molar-refractivity contribution in [1.29, 1.82) is 0 Å². The van der Waals surface area contributed by atoms with Crippen LogP contribution in [0.15, 0.2) is 0 Å². The second-order valence-electron chi connectivity index (χ2n) is 5.39. The van der Waals surface area contributed by atoms with E-state index in [1.807, 2.05) is 0 Å². The largest absolute Gasteiger partial charge is 0.328 e. The van der Waals surface area contributed by atoms with Crippen LogP contribution in [0.3, 0.4) is 0 Å². The van der Waals surface area contributed by atoms with E-state index >= 15 is 0 Å². The Labute approximate surface area is 95.0 Å². The molecule has 1 atom stereocenters. The highest BCUT2D eigenvalue weighted by Gasteiger charge is 2.25. The number of nitrogens with two attached hydrogens (primary N) is 1. The lowest BCUT2D eigenvalue weighted by Gasteiger charge is -2.35. The summed E-state index contributed by atoms with van der Waals surface area (Å²) in [6.45, 7) is 5.67. The van der Waals surface area contributed by atoms with E-state index in [1.54, 1.807) is 0 Å². The molecule has 0 aromatic rings. The Kier molecular flexibility index (Phi) is 5.62. The molecule has 0 saturated heterocycles. The maximum Gasteiger partial charge on any atom is 0.0153 e. The molecule has 0 radical (unpaired) electrons. The first-order valence-electron chi connectivity index (χ1n) is 6.67. The van der Waals surface area contributed by atoms with Gasteiger partial charge in [-0.25, -0.2) is 0 Å². The molecule has 1 saturated carbocycles. The second kappa shape index (κ2) is 6.49. The van der Waals surface area contributed by atoms with Crippen molar-refractivity contribution in [3.63, 3.8) is 0 Å². The molecule has 2 nitrogen and oxygen atoms in total. The molecule has 15 heavy (non-hydrogen) atoms. The van der Waals surface area contributed by atoms with Crippen LogP contribution in [-0.4, -0.2) is 18.1 Å². The monoisotopic (exact) mass is 212 g/mol. The highest BCUT2D eigenvalue weighted by molar-refractivity contribution is 4.86. The highest BCUT2D eigenvalue weighted by atomic mass is 15.0. The minimum absolute atomic E-state index is 0.398. The average molecular weight is 212 g/mol. The first kappa shape index (κ1) is 13.0. The van der Waals surface area contributed by atoms with Crippen molar-refractivity contribution in [2.45, 2.75) is 76.8 Å². The molecule has 90 valence electrons. The van der Waals surface area contributed by atoms with Gasteiger partial charge in [0.1, 0.15) is 0 Å². The zero-order chi connectivity index (χ0) is 11.1. The van der Waals surface area contributed by atoms with E-state index in [0.29, 0.717) is 11.6 Å². The van der Waals surface area contributed by atoms with Crippen molar-refractivity contribution < 1.29 is 0 Å². The molecule has 1 rings (SSSR count). The van der Waals surface area contributed by atoms with Crippen LogP contribution >= 0.6 is 0 Å². The van der Waals surface area contributed by atoms with Crippen LogP contribution in [0.25, 0.3) is 0 Å². The Bertz CT molecular complexity index is 162. The molecule has 0 aliphatic heterocycles. The van der Waals surface area contributed by atoms with Crippen LogP contribution in [0, 0.1) is 0 Å². The molecule has 2 heteroatoms. The summed E-state index contributed by atoms with van der Waals surface area (Å²) < 4.78 is 0. The minimum Gasteiger partial charge on any atom is -0.328 e. The van der Waals surface area contributed by atoms with Crippen LogP contribution in [0.4, 0.5) is 0 Å². The third-order valence-corrected chi connectivity index (χ3v) is 3.68. The molecule has 1 aliphatic rings. The molecule has 1 aliphatic carbocycles. The van der Waals surface area contributed by atoms with Gasteiger partial charge >= 0.3 is 0 Å². The van der Waals surface area contributed by atoms with Gasteiger partial charge in [-0.1, -0.05) is 32.6 Å². The summed E-state index contributed by atoms with van der Waals surface area (Å²) in [5.74, 6) is 0. The fourth-order valence-electron chi connectivity index (χ4n) is 2.58. The van der Waals surface area contributed by atoms with E-state index < -0.39 is 0 Å². The van der Waals surface area contributed by atoms with Gasteiger partial charge in [-0.3, -0.25) is 0 Å². The minimum atomic E-state index is 0.398. The van der Waals surface area contributed by atoms with Gasteiger partial charge in [0, 0.05) is 11.6 Å². The third kappa shape index (κ3) is 4.98. The first-order valence-corrected chi connectivity index (χ1v) is 6.67. The molecule has 0 amide bonds. The predicted molar refractivity (Wildman–Crippen MR) is 67.0 cm³/mol. The smallest absolute Gasteiger partial charge is 0.0153 e. The molecule has 3 N–H and O–H groups in total. The van der Waals surface area contributed by atoms with Gasteiger partial charge in [0.05, 0.1) is 0 Å². The maximum absolute atomic E-state index is 6.00. The SMILES string of the molecule is CCCC(N)CCNC1(C)CCCCC1. The Morgan fingerprint density at radius 2 is 1.87 bits per heavy atom. The Morgan fingerprint density at radius 3 is 2.47 bits per heavy atom. The maximum atomic E-state index is 6.00. The van der Waals surface area contributed by atoms with Crippen molar-refractivity contribution in [3.05, 3.63) is 0 Å². The van der Waals surface area contributed by atoms with Crippen molar-refractivity contribution in [1.82, 2.24) is 5.32 Å². The van der Waals surface area contributed by atoms with Crippen molar-refractivity contribution in [2.24, 2.45) is 5.73 Å². The molecule has 1 fully saturated rings. The fraction of sp³-hybridized carbons (Fsp3) is 1.00. The van der Waals surface area contributed by atoms with E-state index in [4.69, 9.17) is 5.73 Å². The van der Waals surface area contributed by atoms with Gasteiger partial charge in [0.2, 0.25) is 0 Å². The topological polar surface area (TPSA) is 38.0 Å². The molecular weight excluding hydrogens is 184 g/mol. The van der Waals surface area contributed by atoms with E-state index in [2.05, 4.69) is 19.2 Å². The van der Waals surface area contributed by atoms with E-state index in [-0.39, 0.29) is 0 Å². The lowest BCUT2D eigenvalue weighted by Crippen LogP contribution is -2.45. The normalized spacial score (nSPS) is 22.6. The highest BCUT2D eigenvalue weighted by Crippen LogP contribution is 2.27. The number of rotatable bonds is 6. The summed E-state index contributed by atoms with van der Waals surface area (Å²) in [5, 5.41) is 3.71. The molecule has 0 aromatic carbocycles. The molecule has 0 spiro atoms. The first-order chi connectivity index (χ1) is 7.16. The second-order valence-corrected chi connectivity index (χ2v) is 5.39. The van der Waals surface area contributed by atoms with Gasteiger partial charge in [-0.15, -0.1) is 0 Å². The van der Waals surface area contributed by atoms with E-state index in [0.717, 1.165) is 13.0 Å². The Morgan fingerprint density at radius 1 is 1.20 bits per heavy atom. The summed E-state index contributed by atoms with van der Waals surface area (Å²) in [7, 11) is 0. The summed E-state index contributed by atoms with van der Waals surface area (Å²) >= 11 is 0. The number of hydrogen-bond donors (Lipinski definition) is 2. The number of hydrogen-bond acceptors (Lipinski definition) is 2. The van der Waals surface area contributed by atoms with Gasteiger partial charge in [0.25, 0.3) is 0 Å². The molecule has 1 unspecified atom stereocenters. The standard InChI is InChI=1S/C13H28N2/c1-3-7-12(14)8-11-15-13(2)9-5-4-6-10-13/h12,15H,3-11,14H2,1-2H3. The van der Waals surface area contributed by atoms with Gasteiger partial charge < -0.3 is 11.1 Å². The fourth-order valence-corrected chi connectivity index (χ4v) is 2.58. The Hall–Kier alpha value is -0.0800. The van der Waals surface area contributed by atoms with Gasteiger partial charge in [0.15, 0.2) is 0 Å². The molecule has 0 heterocycles. The summed E-state index contributed by atoms with van der Waals surface area (Å²) in [4.78, 5) is 0. The van der Waals surface area contributed by atoms with Crippen LogP contribution in [0.5, 0.6) is 0 Å². The molecule has 0 bridgehead atoms. The third-order valence-electron chi connectivity index (χ3n) is 3.68. The summed E-state index contributed by atoms with van der Waals surface area (Å²) in [6, 6.07) is 0.398. The summed E-state index contributed by atoms with van der Waals surface area (Å²) in [6.07, 6.45) is 10.4. The quantitative estimate of drug-likeness (QED) is 0.710. The van der Waals surface area contributed by atoms with Crippen LogP contribution in [0.1, 0.15) is 65.2 Å². The van der Waals surface area contributed by atoms with Crippen LogP contribution < -0.4 is 11.1 Å². The van der Waals surface area contributed by atoms with Crippen molar-refractivity contribution in [3.8, 4) is 0 Å². The zero-order valence-electron chi connectivity index (χ0n) is 10.5. The molecule has 0 aromatic heterocycles. The van der Waals surface area contributed by atoms with E-state index in [9.17, 15) is 0 Å². The zero-order valence-corrected chi connectivity index (χ0v) is 10.5. The average Bonchev–Trinajstić information content (AvgIpc) is 2.19. The lowest BCUT2D eigenvalue weighted by atomic mass is 9.83. The number of nitrogens with one attached hydrogen (secondary N) is 1. The van der Waals surface area contributed by atoms with Crippen LogP contribution in [-0.2, 0) is 0 Å². The van der Waals surface area contributed by atoms with Crippen molar-refractivity contribution in [2.75, 3.05) is 6.54 Å². The van der Waals surface area contributed by atoms with Gasteiger partial charge in [-0.05, 0) is 39.2 Å². The molecular formula is C13H28N2.